The molecule has 0 spiro atoms. The molecule has 10 heavy (non-hydrogen) atoms. The lowest BCUT2D eigenvalue weighted by Gasteiger charge is -2.14. The number of hydrogen-bond acceptors (Lipinski definition) is 4. The molecule has 0 fully saturated rings. The summed E-state index contributed by atoms with van der Waals surface area (Å²) in [6, 6.07) is 0. The lowest BCUT2D eigenvalue weighted by atomic mass is 10.3. The molecule has 0 saturated heterocycles. The fraction of sp³-hybridized carbons (Fsp3) is 0.500. The van der Waals surface area contributed by atoms with Gasteiger partial charge in [-0.15, -0.1) is 0 Å². The van der Waals surface area contributed by atoms with Gasteiger partial charge in [0.05, 0.1) is 11.5 Å². The zero-order valence-electron chi connectivity index (χ0n) is 5.32. The Balaban J connectivity index is 2.43. The number of allylic oxidation sites excluding steroid dienone is 2. The second-order valence-electron chi connectivity index (χ2n) is 1.94. The van der Waals surface area contributed by atoms with E-state index in [4.69, 9.17) is 5.11 Å². The summed E-state index contributed by atoms with van der Waals surface area (Å²) in [6.07, 6.45) is 3.53. The number of carbonyl (C=O) groups excluding carboxylic acids is 1. The van der Waals surface area contributed by atoms with Crippen molar-refractivity contribution in [3.05, 3.63) is 11.0 Å². The summed E-state index contributed by atoms with van der Waals surface area (Å²) in [7, 11) is 3.01. The van der Waals surface area contributed by atoms with Crippen LogP contribution >= 0.6 is 21.6 Å². The Morgan fingerprint density at radius 3 is 3.10 bits per heavy atom. The molecule has 0 bridgehead atoms. The van der Waals surface area contributed by atoms with Gasteiger partial charge in [-0.3, -0.25) is 4.79 Å². The Kier molecular flexibility index (Phi) is 3.31. The Hall–Kier alpha value is 0.0700. The maximum atomic E-state index is 10.2. The highest BCUT2D eigenvalue weighted by Gasteiger charge is 2.13. The summed E-state index contributed by atoms with van der Waals surface area (Å²) < 4.78 is 0. The van der Waals surface area contributed by atoms with Crippen LogP contribution in [-0.2, 0) is 4.79 Å². The highest BCUT2D eigenvalue weighted by atomic mass is 33.1. The van der Waals surface area contributed by atoms with Crippen LogP contribution in [0.4, 0.5) is 0 Å². The highest BCUT2D eigenvalue weighted by Crippen LogP contribution is 2.38. The lowest BCUT2D eigenvalue weighted by molar-refractivity contribution is -0.104. The van der Waals surface area contributed by atoms with E-state index >= 15 is 0 Å². The molecule has 1 aliphatic heterocycles. The zero-order valence-corrected chi connectivity index (χ0v) is 6.95. The first-order chi connectivity index (χ1) is 4.86. The van der Waals surface area contributed by atoms with E-state index in [1.807, 2.05) is 6.08 Å². The molecule has 0 aromatic heterocycles. The predicted octanol–water partition coefficient (Wildman–Crippen LogP) is 1.22. The molecule has 1 rings (SSSR count). The molecule has 56 valence electrons. The molecular weight excluding hydrogens is 168 g/mol. The van der Waals surface area contributed by atoms with Gasteiger partial charge in [-0.2, -0.15) is 0 Å². The average Bonchev–Trinajstić information content (AvgIpc) is 2.05. The van der Waals surface area contributed by atoms with Crippen LogP contribution in [0.2, 0.25) is 0 Å². The van der Waals surface area contributed by atoms with E-state index in [2.05, 4.69) is 0 Å². The quantitative estimate of drug-likeness (QED) is 0.507. The van der Waals surface area contributed by atoms with Crippen LogP contribution in [0.5, 0.6) is 0 Å². The molecule has 1 unspecified atom stereocenters. The minimum absolute atomic E-state index is 0.195. The van der Waals surface area contributed by atoms with Gasteiger partial charge in [-0.25, -0.2) is 0 Å². The summed E-state index contributed by atoms with van der Waals surface area (Å²) >= 11 is 0. The van der Waals surface area contributed by atoms with E-state index < -0.39 is 0 Å². The van der Waals surface area contributed by atoms with Gasteiger partial charge >= 0.3 is 0 Å². The molecule has 4 heteroatoms. The van der Waals surface area contributed by atoms with Gasteiger partial charge in [0.2, 0.25) is 0 Å². The molecule has 0 aromatic rings. The lowest BCUT2D eigenvalue weighted by Crippen LogP contribution is -2.08. The van der Waals surface area contributed by atoms with Crippen molar-refractivity contribution in [2.75, 3.05) is 6.61 Å². The predicted molar refractivity (Wildman–Crippen MR) is 44.8 cm³/mol. The summed E-state index contributed by atoms with van der Waals surface area (Å²) in [6.45, 7) is 0.195. The fourth-order valence-electron chi connectivity index (χ4n) is 0.617. The van der Waals surface area contributed by atoms with Crippen LogP contribution in [0.1, 0.15) is 6.42 Å². The molecule has 0 aliphatic carbocycles. The average molecular weight is 176 g/mol. The van der Waals surface area contributed by atoms with Crippen molar-refractivity contribution in [3.63, 3.8) is 0 Å². The van der Waals surface area contributed by atoms with Crippen LogP contribution in [0.15, 0.2) is 11.0 Å². The second-order valence-corrected chi connectivity index (χ2v) is 4.52. The normalized spacial score (nSPS) is 25.7. The van der Waals surface area contributed by atoms with Crippen LogP contribution < -0.4 is 0 Å². The van der Waals surface area contributed by atoms with Gasteiger partial charge in [0.1, 0.15) is 0 Å². The van der Waals surface area contributed by atoms with Crippen molar-refractivity contribution in [2.45, 2.75) is 11.7 Å². The van der Waals surface area contributed by atoms with E-state index in [1.54, 1.807) is 10.8 Å². The molecule has 1 aliphatic rings. The van der Waals surface area contributed by atoms with Gasteiger partial charge in [0, 0.05) is 5.25 Å². The van der Waals surface area contributed by atoms with E-state index in [9.17, 15) is 4.79 Å². The van der Waals surface area contributed by atoms with E-state index in [1.165, 1.54) is 10.8 Å². The van der Waals surface area contributed by atoms with E-state index in [0.29, 0.717) is 0 Å². The summed E-state index contributed by atoms with van der Waals surface area (Å²) in [5.74, 6) is 0. The first-order valence-corrected chi connectivity index (χ1v) is 5.17. The highest BCUT2D eigenvalue weighted by molar-refractivity contribution is 8.78. The van der Waals surface area contributed by atoms with Crippen LogP contribution in [0.3, 0.4) is 0 Å². The first-order valence-electron chi connectivity index (χ1n) is 2.96. The maximum absolute atomic E-state index is 10.2. The van der Waals surface area contributed by atoms with Crippen molar-refractivity contribution in [1.29, 1.82) is 0 Å². The first kappa shape index (κ1) is 8.17. The molecule has 0 radical (unpaired) electrons. The molecule has 0 saturated carbocycles. The number of aliphatic hydroxyl groups is 1. The van der Waals surface area contributed by atoms with Gasteiger partial charge < -0.3 is 5.11 Å². The summed E-state index contributed by atoms with van der Waals surface area (Å²) in [5, 5.41) is 8.97. The SMILES string of the molecule is O=CC1=CCC(CO)SS1. The molecule has 2 nitrogen and oxygen atoms in total. The molecular formula is C6H8O2S2. The minimum Gasteiger partial charge on any atom is -0.395 e. The van der Waals surface area contributed by atoms with E-state index in [0.717, 1.165) is 17.6 Å². The summed E-state index contributed by atoms with van der Waals surface area (Å²) in [5.41, 5.74) is 0. The van der Waals surface area contributed by atoms with Gasteiger partial charge in [-0.1, -0.05) is 27.7 Å². The Labute approximate surface area is 67.5 Å². The zero-order chi connectivity index (χ0) is 7.40. The molecule has 0 amide bonds. The largest absolute Gasteiger partial charge is 0.395 e. The monoisotopic (exact) mass is 176 g/mol. The van der Waals surface area contributed by atoms with Gasteiger partial charge in [0.25, 0.3) is 0 Å². The smallest absolute Gasteiger partial charge is 0.156 e. The van der Waals surface area contributed by atoms with E-state index in [-0.39, 0.29) is 11.9 Å². The second kappa shape index (κ2) is 4.05. The fourth-order valence-corrected chi connectivity index (χ4v) is 2.79. The molecule has 0 aromatic carbocycles. The maximum Gasteiger partial charge on any atom is 0.156 e. The van der Waals surface area contributed by atoms with Gasteiger partial charge in [-0.05, 0) is 6.42 Å². The van der Waals surface area contributed by atoms with Crippen molar-refractivity contribution in [3.8, 4) is 0 Å². The van der Waals surface area contributed by atoms with Crippen molar-refractivity contribution < 1.29 is 9.90 Å². The van der Waals surface area contributed by atoms with Crippen LogP contribution in [-0.4, -0.2) is 23.2 Å². The number of hydrogen-bond donors (Lipinski definition) is 1. The number of rotatable bonds is 2. The third kappa shape index (κ3) is 2.04. The molecule has 1 N–H and O–H groups in total. The number of carbonyl (C=O) groups is 1. The molecule has 1 heterocycles. The number of aliphatic hydroxyl groups excluding tert-OH is 1. The third-order valence-electron chi connectivity index (χ3n) is 1.18. The minimum atomic E-state index is 0.195. The van der Waals surface area contributed by atoms with Crippen LogP contribution in [0, 0.1) is 0 Å². The van der Waals surface area contributed by atoms with Gasteiger partial charge in [0.15, 0.2) is 6.29 Å². The topological polar surface area (TPSA) is 37.3 Å². The van der Waals surface area contributed by atoms with Crippen molar-refractivity contribution in [2.24, 2.45) is 0 Å². The van der Waals surface area contributed by atoms with Crippen molar-refractivity contribution in [1.82, 2.24) is 0 Å². The number of aldehydes is 1. The Morgan fingerprint density at radius 2 is 2.70 bits per heavy atom. The molecule has 1 atom stereocenters. The Bertz CT molecular complexity index is 156. The Morgan fingerprint density at radius 1 is 1.90 bits per heavy atom. The third-order valence-corrected chi connectivity index (χ3v) is 4.03. The van der Waals surface area contributed by atoms with Crippen molar-refractivity contribution >= 4 is 27.9 Å². The summed E-state index contributed by atoms with van der Waals surface area (Å²) in [4.78, 5) is 11.0. The standard InChI is InChI=1S/C6H8O2S2/c7-3-5-1-2-6(4-8)10-9-5/h1,3,6,8H,2,4H2. The van der Waals surface area contributed by atoms with Crippen LogP contribution in [0.25, 0.3) is 0 Å².